The van der Waals surface area contributed by atoms with E-state index in [9.17, 15) is 0 Å². The Kier molecular flexibility index (Phi) is 4.61. The molecule has 0 spiro atoms. The fourth-order valence-corrected chi connectivity index (χ4v) is 1.38. The Morgan fingerprint density at radius 3 is 2.60 bits per heavy atom. The van der Waals surface area contributed by atoms with Crippen molar-refractivity contribution in [1.29, 1.82) is 0 Å². The molecule has 0 aliphatic carbocycles. The number of hydrogen-bond donors (Lipinski definition) is 1. The van der Waals surface area contributed by atoms with E-state index >= 15 is 0 Å². The molecular formula is C11H20ClN3. The quantitative estimate of drug-likeness (QED) is 0.841. The van der Waals surface area contributed by atoms with Crippen LogP contribution in [0.2, 0.25) is 5.15 Å². The Labute approximate surface area is 96.8 Å². The summed E-state index contributed by atoms with van der Waals surface area (Å²) in [6.07, 6.45) is 1.68. The van der Waals surface area contributed by atoms with Gasteiger partial charge in [0.1, 0.15) is 11.0 Å². The standard InChI is InChI=1S/C11H20ClN3/c1-8(2)9(3)5-13-7-11-14-6-10(12)15(11)4/h6,8-9,13H,5,7H2,1-4H3. The molecule has 86 valence electrons. The van der Waals surface area contributed by atoms with Crippen LogP contribution >= 0.6 is 11.6 Å². The highest BCUT2D eigenvalue weighted by Gasteiger charge is 2.08. The van der Waals surface area contributed by atoms with Gasteiger partial charge in [-0.3, -0.25) is 0 Å². The van der Waals surface area contributed by atoms with Crippen LogP contribution in [0.4, 0.5) is 0 Å². The van der Waals surface area contributed by atoms with Crippen LogP contribution in [0.3, 0.4) is 0 Å². The molecule has 3 nitrogen and oxygen atoms in total. The number of halogens is 1. The summed E-state index contributed by atoms with van der Waals surface area (Å²) in [7, 11) is 1.93. The molecule has 15 heavy (non-hydrogen) atoms. The van der Waals surface area contributed by atoms with Gasteiger partial charge in [-0.15, -0.1) is 0 Å². The van der Waals surface area contributed by atoms with Gasteiger partial charge in [-0.25, -0.2) is 4.98 Å². The SMILES string of the molecule is CC(C)C(C)CNCc1ncc(Cl)n1C. The van der Waals surface area contributed by atoms with E-state index in [-0.39, 0.29) is 0 Å². The van der Waals surface area contributed by atoms with E-state index in [1.807, 2.05) is 11.6 Å². The van der Waals surface area contributed by atoms with Crippen molar-refractivity contribution in [2.24, 2.45) is 18.9 Å². The number of hydrogen-bond acceptors (Lipinski definition) is 2. The van der Waals surface area contributed by atoms with Gasteiger partial charge in [0.2, 0.25) is 0 Å². The van der Waals surface area contributed by atoms with E-state index in [1.165, 1.54) is 0 Å². The summed E-state index contributed by atoms with van der Waals surface area (Å²) in [5.41, 5.74) is 0. The molecule has 0 saturated heterocycles. The van der Waals surface area contributed by atoms with Crippen LogP contribution in [0.15, 0.2) is 6.20 Å². The highest BCUT2D eigenvalue weighted by molar-refractivity contribution is 6.29. The van der Waals surface area contributed by atoms with Crippen molar-refractivity contribution >= 4 is 11.6 Å². The fraction of sp³-hybridized carbons (Fsp3) is 0.727. The van der Waals surface area contributed by atoms with Gasteiger partial charge in [0.15, 0.2) is 0 Å². The molecule has 4 heteroatoms. The van der Waals surface area contributed by atoms with Crippen molar-refractivity contribution < 1.29 is 0 Å². The van der Waals surface area contributed by atoms with Crippen molar-refractivity contribution in [2.45, 2.75) is 27.3 Å². The summed E-state index contributed by atoms with van der Waals surface area (Å²) >= 11 is 5.89. The monoisotopic (exact) mass is 229 g/mol. The fourth-order valence-electron chi connectivity index (χ4n) is 1.24. The molecule has 0 aliphatic heterocycles. The highest BCUT2D eigenvalue weighted by atomic mass is 35.5. The molecule has 0 aromatic carbocycles. The molecule has 0 aliphatic rings. The summed E-state index contributed by atoms with van der Waals surface area (Å²) in [4.78, 5) is 4.23. The molecule has 1 aromatic heterocycles. The van der Waals surface area contributed by atoms with Crippen LogP contribution in [0.1, 0.15) is 26.6 Å². The molecule has 0 fully saturated rings. The number of rotatable bonds is 5. The first kappa shape index (κ1) is 12.5. The maximum atomic E-state index is 5.89. The summed E-state index contributed by atoms with van der Waals surface area (Å²) in [6, 6.07) is 0. The number of imidazole rings is 1. The predicted molar refractivity (Wildman–Crippen MR) is 63.9 cm³/mol. The maximum absolute atomic E-state index is 5.89. The lowest BCUT2D eigenvalue weighted by Gasteiger charge is -2.15. The van der Waals surface area contributed by atoms with E-state index in [2.05, 4.69) is 31.1 Å². The Balaban J connectivity index is 2.35. The first-order valence-electron chi connectivity index (χ1n) is 5.39. The molecule has 1 atom stereocenters. The highest BCUT2D eigenvalue weighted by Crippen LogP contribution is 2.10. The third-order valence-corrected chi connectivity index (χ3v) is 3.27. The Hall–Kier alpha value is -0.540. The molecular weight excluding hydrogens is 210 g/mol. The van der Waals surface area contributed by atoms with Crippen LogP contribution in [-0.2, 0) is 13.6 Å². The second kappa shape index (κ2) is 5.52. The minimum atomic E-state index is 0.681. The van der Waals surface area contributed by atoms with Crippen molar-refractivity contribution in [2.75, 3.05) is 6.54 Å². The van der Waals surface area contributed by atoms with Crippen LogP contribution < -0.4 is 5.32 Å². The predicted octanol–water partition coefficient (Wildman–Crippen LogP) is 2.46. The average molecular weight is 230 g/mol. The maximum Gasteiger partial charge on any atom is 0.128 e. The van der Waals surface area contributed by atoms with E-state index in [0.29, 0.717) is 17.0 Å². The lowest BCUT2D eigenvalue weighted by atomic mass is 9.98. The van der Waals surface area contributed by atoms with E-state index in [4.69, 9.17) is 11.6 Å². The van der Waals surface area contributed by atoms with Gasteiger partial charge >= 0.3 is 0 Å². The number of aromatic nitrogens is 2. The molecule has 1 rings (SSSR count). The largest absolute Gasteiger partial charge is 0.321 e. The first-order chi connectivity index (χ1) is 7.02. The van der Waals surface area contributed by atoms with Crippen molar-refractivity contribution in [3.05, 3.63) is 17.2 Å². The van der Waals surface area contributed by atoms with Gasteiger partial charge in [0, 0.05) is 7.05 Å². The van der Waals surface area contributed by atoms with Crippen LogP contribution in [0.25, 0.3) is 0 Å². The molecule has 0 amide bonds. The van der Waals surface area contributed by atoms with E-state index in [0.717, 1.165) is 18.9 Å². The zero-order valence-electron chi connectivity index (χ0n) is 9.92. The van der Waals surface area contributed by atoms with Crippen LogP contribution in [0, 0.1) is 11.8 Å². The first-order valence-corrected chi connectivity index (χ1v) is 5.77. The van der Waals surface area contributed by atoms with Crippen molar-refractivity contribution in [1.82, 2.24) is 14.9 Å². The second-order valence-corrected chi connectivity index (χ2v) is 4.80. The minimum Gasteiger partial charge on any atom is -0.321 e. The zero-order chi connectivity index (χ0) is 11.4. The third kappa shape index (κ3) is 3.50. The summed E-state index contributed by atoms with van der Waals surface area (Å²) < 4.78 is 1.90. The third-order valence-electron chi connectivity index (χ3n) is 2.92. The van der Waals surface area contributed by atoms with Gasteiger partial charge in [0.25, 0.3) is 0 Å². The molecule has 1 unspecified atom stereocenters. The van der Waals surface area contributed by atoms with Gasteiger partial charge in [-0.2, -0.15) is 0 Å². The Morgan fingerprint density at radius 1 is 1.47 bits per heavy atom. The van der Waals surface area contributed by atoms with Gasteiger partial charge in [0.05, 0.1) is 12.7 Å². The molecule has 1 heterocycles. The van der Waals surface area contributed by atoms with Crippen molar-refractivity contribution in [3.63, 3.8) is 0 Å². The Morgan fingerprint density at radius 2 is 2.13 bits per heavy atom. The second-order valence-electron chi connectivity index (χ2n) is 4.41. The number of nitrogens with zero attached hydrogens (tertiary/aromatic N) is 2. The van der Waals surface area contributed by atoms with Crippen LogP contribution in [-0.4, -0.2) is 16.1 Å². The van der Waals surface area contributed by atoms with Gasteiger partial charge in [-0.05, 0) is 18.4 Å². The molecule has 0 bridgehead atoms. The summed E-state index contributed by atoms with van der Waals surface area (Å²) in [6.45, 7) is 8.53. The molecule has 1 aromatic rings. The van der Waals surface area contributed by atoms with E-state index < -0.39 is 0 Å². The molecule has 0 saturated carbocycles. The normalized spacial score (nSPS) is 13.5. The Bertz CT molecular complexity index is 307. The lowest BCUT2D eigenvalue weighted by molar-refractivity contribution is 0.389. The lowest BCUT2D eigenvalue weighted by Crippen LogP contribution is -2.25. The van der Waals surface area contributed by atoms with E-state index in [1.54, 1.807) is 6.20 Å². The number of nitrogens with one attached hydrogen (secondary N) is 1. The van der Waals surface area contributed by atoms with Gasteiger partial charge < -0.3 is 9.88 Å². The molecule has 0 radical (unpaired) electrons. The van der Waals surface area contributed by atoms with Gasteiger partial charge in [-0.1, -0.05) is 32.4 Å². The zero-order valence-corrected chi connectivity index (χ0v) is 10.7. The average Bonchev–Trinajstić information content (AvgIpc) is 2.49. The van der Waals surface area contributed by atoms with Crippen molar-refractivity contribution in [3.8, 4) is 0 Å². The smallest absolute Gasteiger partial charge is 0.128 e. The minimum absolute atomic E-state index is 0.681. The topological polar surface area (TPSA) is 29.9 Å². The summed E-state index contributed by atoms with van der Waals surface area (Å²) in [5.74, 6) is 2.37. The summed E-state index contributed by atoms with van der Waals surface area (Å²) in [5, 5.41) is 4.08. The van der Waals surface area contributed by atoms with Crippen LogP contribution in [0.5, 0.6) is 0 Å². The molecule has 1 N–H and O–H groups in total.